The largest absolute Gasteiger partial charge is 0.490 e. The quantitative estimate of drug-likeness (QED) is 0.264. The number of nitrogens with one attached hydrogen (secondary N) is 1. The van der Waals surface area contributed by atoms with Crippen molar-refractivity contribution in [3.05, 3.63) is 101 Å². The molecule has 172 valence electrons. The minimum atomic E-state index is 0.432. The summed E-state index contributed by atoms with van der Waals surface area (Å²) in [5.41, 5.74) is 5.25. The molecule has 0 fully saturated rings. The van der Waals surface area contributed by atoms with Crippen LogP contribution >= 0.6 is 0 Å². The van der Waals surface area contributed by atoms with E-state index in [-0.39, 0.29) is 0 Å². The maximum absolute atomic E-state index is 9.80. The van der Waals surface area contributed by atoms with Crippen molar-refractivity contribution >= 4 is 33.5 Å². The Hall–Kier alpha value is -4.56. The molecule has 0 radical (unpaired) electrons. The summed E-state index contributed by atoms with van der Waals surface area (Å²) in [5, 5.41) is 12.2. The molecule has 0 unspecified atom stereocenters. The van der Waals surface area contributed by atoms with Crippen LogP contribution < -0.4 is 9.47 Å². The number of benzene rings is 4. The number of aromatic amines is 1. The fraction of sp³-hybridized carbons (Fsp3) is 0.133. The second kappa shape index (κ2) is 9.74. The van der Waals surface area contributed by atoms with Gasteiger partial charge in [-0.2, -0.15) is 5.26 Å². The molecule has 0 spiro atoms. The molecule has 0 aliphatic rings. The van der Waals surface area contributed by atoms with E-state index in [0.29, 0.717) is 36.1 Å². The Morgan fingerprint density at radius 3 is 2.63 bits per heavy atom. The lowest BCUT2D eigenvalue weighted by atomic mass is 10.1. The third kappa shape index (κ3) is 4.87. The van der Waals surface area contributed by atoms with Gasteiger partial charge in [-0.05, 0) is 77.7 Å². The first-order chi connectivity index (χ1) is 17.1. The van der Waals surface area contributed by atoms with Crippen molar-refractivity contribution in [1.29, 1.82) is 5.26 Å². The number of hydrogen-bond donors (Lipinski definition) is 1. The predicted octanol–water partition coefficient (Wildman–Crippen LogP) is 7.07. The lowest BCUT2D eigenvalue weighted by molar-refractivity contribution is 0.269. The molecule has 0 atom stereocenters. The molecule has 0 amide bonds. The third-order valence-electron chi connectivity index (χ3n) is 5.80. The van der Waals surface area contributed by atoms with Gasteiger partial charge in [0.05, 0.1) is 23.2 Å². The second-order valence-corrected chi connectivity index (χ2v) is 8.39. The fourth-order valence-corrected chi connectivity index (χ4v) is 4.06. The molecule has 5 aromatic rings. The maximum Gasteiger partial charge on any atom is 0.161 e. The van der Waals surface area contributed by atoms with E-state index in [1.165, 1.54) is 10.8 Å². The summed E-state index contributed by atoms with van der Waals surface area (Å²) in [5.74, 6) is 1.84. The van der Waals surface area contributed by atoms with Crippen molar-refractivity contribution in [2.75, 3.05) is 6.61 Å². The van der Waals surface area contributed by atoms with Gasteiger partial charge in [-0.15, -0.1) is 0 Å². The predicted molar refractivity (Wildman–Crippen MR) is 140 cm³/mol. The Kier molecular flexibility index (Phi) is 6.19. The van der Waals surface area contributed by atoms with E-state index < -0.39 is 0 Å². The van der Waals surface area contributed by atoms with Gasteiger partial charge >= 0.3 is 0 Å². The normalized spacial score (nSPS) is 11.5. The summed E-state index contributed by atoms with van der Waals surface area (Å²) in [6.07, 6.45) is 1.81. The van der Waals surface area contributed by atoms with Gasteiger partial charge in [-0.25, -0.2) is 4.98 Å². The third-order valence-corrected chi connectivity index (χ3v) is 5.80. The molecule has 5 heteroatoms. The molecule has 1 aromatic heterocycles. The zero-order valence-corrected chi connectivity index (χ0v) is 19.7. The van der Waals surface area contributed by atoms with Crippen LogP contribution in [0.25, 0.3) is 33.5 Å². The van der Waals surface area contributed by atoms with E-state index in [4.69, 9.17) is 9.47 Å². The molecule has 5 nitrogen and oxygen atoms in total. The minimum Gasteiger partial charge on any atom is -0.490 e. The van der Waals surface area contributed by atoms with Crippen LogP contribution in [0.15, 0.2) is 78.9 Å². The van der Waals surface area contributed by atoms with Gasteiger partial charge in [-0.1, -0.05) is 48.5 Å². The summed E-state index contributed by atoms with van der Waals surface area (Å²) >= 11 is 0. The number of fused-ring (bicyclic) bond motifs is 2. The second-order valence-electron chi connectivity index (χ2n) is 8.39. The highest BCUT2D eigenvalue weighted by Gasteiger charge is 2.11. The average molecular weight is 460 g/mol. The van der Waals surface area contributed by atoms with Crippen molar-refractivity contribution in [2.45, 2.75) is 20.5 Å². The number of allylic oxidation sites excluding steroid dienone is 1. The summed E-state index contributed by atoms with van der Waals surface area (Å²) < 4.78 is 12.0. The van der Waals surface area contributed by atoms with Crippen LogP contribution in [0.2, 0.25) is 0 Å². The first-order valence-corrected chi connectivity index (χ1v) is 11.6. The molecule has 1 N–H and O–H groups in total. The van der Waals surface area contributed by atoms with Crippen molar-refractivity contribution in [3.63, 3.8) is 0 Å². The molecule has 1 heterocycles. The number of ether oxygens (including phenoxy) is 2. The van der Waals surface area contributed by atoms with Gasteiger partial charge in [0, 0.05) is 0 Å². The van der Waals surface area contributed by atoms with Crippen molar-refractivity contribution < 1.29 is 9.47 Å². The van der Waals surface area contributed by atoms with E-state index in [2.05, 4.69) is 46.4 Å². The van der Waals surface area contributed by atoms with Crippen LogP contribution in [0.1, 0.15) is 29.4 Å². The van der Waals surface area contributed by atoms with Crippen LogP contribution in [-0.4, -0.2) is 16.6 Å². The van der Waals surface area contributed by atoms with E-state index in [1.807, 2.05) is 62.4 Å². The molecule has 0 saturated carbocycles. The smallest absolute Gasteiger partial charge is 0.161 e. The standard InChI is InChI=1S/C30H25N3O2/c1-3-34-29-17-21(15-25(18-31)30-32-26-12-8-20(2)14-27(26)33-30)10-13-28(29)35-19-22-9-11-23-6-4-5-7-24(23)16-22/h4-17H,3,19H2,1-2H3,(H,32,33)/b25-15-. The number of aryl methyl sites for hydroxylation is 1. The number of H-pyrrole nitrogens is 1. The SMILES string of the molecule is CCOc1cc(/C=C(/C#N)c2nc3ccc(C)cc3[nH]2)ccc1OCc1ccc2ccccc2c1. The van der Waals surface area contributed by atoms with Crippen LogP contribution in [0, 0.1) is 18.3 Å². The van der Waals surface area contributed by atoms with Gasteiger partial charge in [0.2, 0.25) is 0 Å². The van der Waals surface area contributed by atoms with Crippen LogP contribution in [0.3, 0.4) is 0 Å². The number of imidazole rings is 1. The zero-order valence-electron chi connectivity index (χ0n) is 19.7. The molecule has 5 rings (SSSR count). The Balaban J connectivity index is 1.40. The first kappa shape index (κ1) is 22.2. The molecular formula is C30H25N3O2. The Morgan fingerprint density at radius 2 is 1.80 bits per heavy atom. The van der Waals surface area contributed by atoms with Crippen molar-refractivity contribution in [1.82, 2.24) is 9.97 Å². The topological polar surface area (TPSA) is 70.9 Å². The Bertz CT molecular complexity index is 1590. The Morgan fingerprint density at radius 1 is 0.943 bits per heavy atom. The van der Waals surface area contributed by atoms with Crippen LogP contribution in [0.4, 0.5) is 0 Å². The summed E-state index contributed by atoms with van der Waals surface area (Å²) in [6, 6.07) is 28.5. The highest BCUT2D eigenvalue weighted by Crippen LogP contribution is 2.31. The highest BCUT2D eigenvalue weighted by atomic mass is 16.5. The van der Waals surface area contributed by atoms with Gasteiger partial charge in [-0.3, -0.25) is 0 Å². The highest BCUT2D eigenvalue weighted by molar-refractivity contribution is 5.90. The van der Waals surface area contributed by atoms with Gasteiger partial charge in [0.1, 0.15) is 18.5 Å². The fourth-order valence-electron chi connectivity index (χ4n) is 4.06. The number of hydrogen-bond acceptors (Lipinski definition) is 4. The zero-order chi connectivity index (χ0) is 24.2. The van der Waals surface area contributed by atoms with Crippen LogP contribution in [0.5, 0.6) is 11.5 Å². The number of rotatable bonds is 7. The average Bonchev–Trinajstić information content (AvgIpc) is 3.30. The molecular weight excluding hydrogens is 434 g/mol. The number of nitrogens with zero attached hydrogens (tertiary/aromatic N) is 2. The molecule has 0 saturated heterocycles. The van der Waals surface area contributed by atoms with Gasteiger partial charge in [0.15, 0.2) is 11.5 Å². The minimum absolute atomic E-state index is 0.432. The summed E-state index contributed by atoms with van der Waals surface area (Å²) in [7, 11) is 0. The molecule has 4 aromatic carbocycles. The van der Waals surface area contributed by atoms with E-state index >= 15 is 0 Å². The van der Waals surface area contributed by atoms with E-state index in [0.717, 1.165) is 27.7 Å². The maximum atomic E-state index is 9.80. The molecule has 35 heavy (non-hydrogen) atoms. The van der Waals surface area contributed by atoms with Gasteiger partial charge < -0.3 is 14.5 Å². The lowest BCUT2D eigenvalue weighted by Gasteiger charge is -2.13. The van der Waals surface area contributed by atoms with Crippen molar-refractivity contribution in [2.24, 2.45) is 0 Å². The van der Waals surface area contributed by atoms with E-state index in [9.17, 15) is 5.26 Å². The number of nitriles is 1. The van der Waals surface area contributed by atoms with E-state index in [1.54, 1.807) is 6.08 Å². The number of aromatic nitrogens is 2. The lowest BCUT2D eigenvalue weighted by Crippen LogP contribution is -2.00. The summed E-state index contributed by atoms with van der Waals surface area (Å²) in [4.78, 5) is 7.83. The molecule has 0 aliphatic heterocycles. The first-order valence-electron chi connectivity index (χ1n) is 11.6. The molecule has 0 aliphatic carbocycles. The monoisotopic (exact) mass is 459 g/mol. The molecule has 0 bridgehead atoms. The Labute approximate surface area is 204 Å². The summed E-state index contributed by atoms with van der Waals surface area (Å²) in [6.45, 7) is 4.90. The van der Waals surface area contributed by atoms with Crippen LogP contribution in [-0.2, 0) is 6.61 Å². The van der Waals surface area contributed by atoms with Gasteiger partial charge in [0.25, 0.3) is 0 Å². The van der Waals surface area contributed by atoms with Crippen molar-refractivity contribution in [3.8, 4) is 17.6 Å².